The predicted molar refractivity (Wildman–Crippen MR) is 188 cm³/mol. The van der Waals surface area contributed by atoms with E-state index in [1.165, 1.54) is 30.2 Å². The van der Waals surface area contributed by atoms with Crippen LogP contribution in [0.1, 0.15) is 20.8 Å². The van der Waals surface area contributed by atoms with Crippen LogP contribution in [0.25, 0.3) is 17.3 Å². The summed E-state index contributed by atoms with van der Waals surface area (Å²) < 4.78 is 10.8. The molecule has 5 aromatic rings. The Kier molecular flexibility index (Phi) is 11.1. The predicted octanol–water partition coefficient (Wildman–Crippen LogP) is 7.28. The molecule has 3 amide bonds. The van der Waals surface area contributed by atoms with E-state index in [2.05, 4.69) is 20.9 Å². The number of amides is 3. The zero-order valence-corrected chi connectivity index (χ0v) is 27.5. The number of carbonyl (C=O) groups excluding carboxylic acids is 3. The van der Waals surface area contributed by atoms with Crippen molar-refractivity contribution < 1.29 is 23.9 Å². The fourth-order valence-corrected chi connectivity index (χ4v) is 6.12. The molecule has 0 aliphatic carbocycles. The number of benzene rings is 4. The Balaban J connectivity index is 1.27. The normalized spacial score (nSPS) is 11.0. The molecule has 11 heteroatoms. The fraction of sp³-hybridized carbons (Fsp3) is 0.111. The standard InChI is InChI=1S/C36H32N4O5S2/c1-23-33(24-11-6-4-7-12-24)40-36(47-23)39-32(41)22-46-29-16-10-15-27(20-29)37-35(43)30(38-34(42)25-13-8-5-9-14-25)19-26-17-18-28(44-2)21-31(26)45-3/h4-21H,22H2,1-3H3,(H,37,43)(H,38,42)(H,39,40,41)/b30-19+. The highest BCUT2D eigenvalue weighted by Crippen LogP contribution is 2.31. The monoisotopic (exact) mass is 664 g/mol. The lowest BCUT2D eigenvalue weighted by Gasteiger charge is -2.13. The second-order valence-electron chi connectivity index (χ2n) is 10.1. The lowest BCUT2D eigenvalue weighted by Crippen LogP contribution is -2.30. The Morgan fingerprint density at radius 3 is 2.32 bits per heavy atom. The van der Waals surface area contributed by atoms with Gasteiger partial charge in [0.2, 0.25) is 5.91 Å². The third kappa shape index (κ3) is 8.87. The second-order valence-corrected chi connectivity index (χ2v) is 12.3. The summed E-state index contributed by atoms with van der Waals surface area (Å²) in [6.45, 7) is 1.98. The molecule has 0 radical (unpaired) electrons. The SMILES string of the molecule is COc1ccc(/C=C(/NC(=O)c2ccccc2)C(=O)Nc2cccc(SCC(=O)Nc3nc(-c4ccccc4)c(C)s3)c2)c(OC)c1. The molecule has 0 bridgehead atoms. The summed E-state index contributed by atoms with van der Waals surface area (Å²) in [4.78, 5) is 45.8. The number of carbonyl (C=O) groups is 3. The van der Waals surface area contributed by atoms with E-state index in [1.54, 1.807) is 79.9 Å². The molecular weight excluding hydrogens is 633 g/mol. The number of nitrogens with zero attached hydrogens (tertiary/aromatic N) is 1. The van der Waals surface area contributed by atoms with Crippen molar-refractivity contribution in [1.29, 1.82) is 0 Å². The van der Waals surface area contributed by atoms with Gasteiger partial charge < -0.3 is 25.4 Å². The fourth-order valence-electron chi connectivity index (χ4n) is 4.52. The van der Waals surface area contributed by atoms with Gasteiger partial charge in [-0.2, -0.15) is 0 Å². The zero-order chi connectivity index (χ0) is 33.2. The van der Waals surface area contributed by atoms with Crippen LogP contribution in [0.3, 0.4) is 0 Å². The van der Waals surface area contributed by atoms with E-state index < -0.39 is 11.8 Å². The van der Waals surface area contributed by atoms with Crippen molar-refractivity contribution in [2.24, 2.45) is 0 Å². The van der Waals surface area contributed by atoms with Gasteiger partial charge in [0.25, 0.3) is 11.8 Å². The summed E-state index contributed by atoms with van der Waals surface area (Å²) in [5, 5.41) is 9.03. The van der Waals surface area contributed by atoms with E-state index in [0.717, 1.165) is 21.0 Å². The van der Waals surface area contributed by atoms with Crippen LogP contribution in [0.15, 0.2) is 114 Å². The molecule has 9 nitrogen and oxygen atoms in total. The van der Waals surface area contributed by atoms with Gasteiger partial charge in [-0.25, -0.2) is 4.98 Å². The van der Waals surface area contributed by atoms with Crippen molar-refractivity contribution in [2.45, 2.75) is 11.8 Å². The third-order valence-corrected chi connectivity index (χ3v) is 8.70. The summed E-state index contributed by atoms with van der Waals surface area (Å²) in [6, 6.07) is 30.7. The van der Waals surface area contributed by atoms with Crippen molar-refractivity contribution >= 4 is 57.7 Å². The maximum Gasteiger partial charge on any atom is 0.272 e. The van der Waals surface area contributed by atoms with Crippen molar-refractivity contribution in [3.8, 4) is 22.8 Å². The van der Waals surface area contributed by atoms with Crippen LogP contribution < -0.4 is 25.4 Å². The van der Waals surface area contributed by atoms with Crippen molar-refractivity contribution in [3.63, 3.8) is 0 Å². The number of aromatic nitrogens is 1. The molecule has 238 valence electrons. The first kappa shape index (κ1) is 33.0. The molecule has 0 saturated heterocycles. The largest absolute Gasteiger partial charge is 0.497 e. The summed E-state index contributed by atoms with van der Waals surface area (Å²) in [5.41, 5.74) is 3.30. The topological polar surface area (TPSA) is 119 Å². The number of hydrogen-bond donors (Lipinski definition) is 3. The van der Waals surface area contributed by atoms with Crippen LogP contribution >= 0.6 is 23.1 Å². The molecule has 1 aromatic heterocycles. The molecule has 0 fully saturated rings. The summed E-state index contributed by atoms with van der Waals surface area (Å²) in [7, 11) is 3.06. The number of nitrogens with one attached hydrogen (secondary N) is 3. The van der Waals surface area contributed by atoms with E-state index in [4.69, 9.17) is 9.47 Å². The van der Waals surface area contributed by atoms with Gasteiger partial charge in [-0.1, -0.05) is 54.6 Å². The average Bonchev–Trinajstić information content (AvgIpc) is 3.47. The Bertz CT molecular complexity index is 1910. The zero-order valence-electron chi connectivity index (χ0n) is 25.9. The smallest absolute Gasteiger partial charge is 0.272 e. The first-order chi connectivity index (χ1) is 22.8. The summed E-state index contributed by atoms with van der Waals surface area (Å²) in [5.74, 6) is 0.0118. The Morgan fingerprint density at radius 1 is 0.851 bits per heavy atom. The van der Waals surface area contributed by atoms with Gasteiger partial charge >= 0.3 is 0 Å². The minimum atomic E-state index is -0.541. The number of methoxy groups -OCH3 is 2. The van der Waals surface area contributed by atoms with Crippen LogP contribution in [0, 0.1) is 6.92 Å². The summed E-state index contributed by atoms with van der Waals surface area (Å²) >= 11 is 2.75. The minimum Gasteiger partial charge on any atom is -0.497 e. The van der Waals surface area contributed by atoms with Gasteiger partial charge in [-0.15, -0.1) is 23.1 Å². The number of hydrogen-bond acceptors (Lipinski definition) is 8. The first-order valence-corrected chi connectivity index (χ1v) is 16.3. The molecule has 0 saturated carbocycles. The average molecular weight is 665 g/mol. The molecule has 1 heterocycles. The van der Waals surface area contributed by atoms with Gasteiger partial charge in [0, 0.05) is 38.2 Å². The number of thiazole rings is 1. The van der Waals surface area contributed by atoms with Gasteiger partial charge in [-0.05, 0) is 55.5 Å². The maximum atomic E-state index is 13.6. The Morgan fingerprint density at radius 2 is 1.60 bits per heavy atom. The molecular formula is C36H32N4O5S2. The van der Waals surface area contributed by atoms with Crippen LogP contribution in [0.4, 0.5) is 10.8 Å². The van der Waals surface area contributed by atoms with Crippen LogP contribution in [-0.2, 0) is 9.59 Å². The summed E-state index contributed by atoms with van der Waals surface area (Å²) in [6.07, 6.45) is 1.54. The van der Waals surface area contributed by atoms with E-state index in [1.807, 2.05) is 43.3 Å². The lowest BCUT2D eigenvalue weighted by molar-refractivity contribution is -0.114. The molecule has 0 aliphatic heterocycles. The van der Waals surface area contributed by atoms with Gasteiger partial charge in [0.15, 0.2) is 5.13 Å². The number of thioether (sulfide) groups is 1. The van der Waals surface area contributed by atoms with Crippen molar-refractivity contribution in [1.82, 2.24) is 10.3 Å². The Labute approximate surface area is 281 Å². The van der Waals surface area contributed by atoms with Crippen LogP contribution in [-0.4, -0.2) is 42.7 Å². The number of rotatable bonds is 12. The highest BCUT2D eigenvalue weighted by Gasteiger charge is 2.17. The third-order valence-electron chi connectivity index (χ3n) is 6.82. The maximum absolute atomic E-state index is 13.6. The number of ether oxygens (including phenoxy) is 2. The molecule has 4 aromatic carbocycles. The second kappa shape index (κ2) is 15.7. The van der Waals surface area contributed by atoms with Crippen molar-refractivity contribution in [2.75, 3.05) is 30.6 Å². The molecule has 0 spiro atoms. The lowest BCUT2D eigenvalue weighted by atomic mass is 10.1. The molecule has 47 heavy (non-hydrogen) atoms. The van der Waals surface area contributed by atoms with Crippen molar-refractivity contribution in [3.05, 3.63) is 125 Å². The molecule has 0 unspecified atom stereocenters. The Hall–Kier alpha value is -5.39. The quantitative estimate of drug-likeness (QED) is 0.0948. The highest BCUT2D eigenvalue weighted by atomic mass is 32.2. The molecule has 3 N–H and O–H groups in total. The van der Waals surface area contributed by atoms with E-state index in [-0.39, 0.29) is 17.4 Å². The van der Waals surface area contributed by atoms with E-state index >= 15 is 0 Å². The number of anilines is 2. The number of aryl methyl sites for hydroxylation is 1. The minimum absolute atomic E-state index is 0.00775. The first-order valence-electron chi connectivity index (χ1n) is 14.5. The van der Waals surface area contributed by atoms with E-state index in [0.29, 0.717) is 33.4 Å². The highest BCUT2D eigenvalue weighted by molar-refractivity contribution is 8.00. The molecule has 0 atom stereocenters. The van der Waals surface area contributed by atoms with Crippen LogP contribution in [0.5, 0.6) is 11.5 Å². The van der Waals surface area contributed by atoms with Gasteiger partial charge in [-0.3, -0.25) is 14.4 Å². The van der Waals surface area contributed by atoms with Crippen LogP contribution in [0.2, 0.25) is 0 Å². The van der Waals surface area contributed by atoms with E-state index in [9.17, 15) is 14.4 Å². The van der Waals surface area contributed by atoms with Gasteiger partial charge in [0.05, 0.1) is 25.7 Å². The molecule has 0 aliphatic rings. The van der Waals surface area contributed by atoms with Gasteiger partial charge in [0.1, 0.15) is 17.2 Å². The molecule has 5 rings (SSSR count).